The van der Waals surface area contributed by atoms with Crippen molar-refractivity contribution >= 4 is 22.6 Å². The number of aliphatic carboxylic acids is 1. The van der Waals surface area contributed by atoms with Crippen LogP contribution in [0, 0.1) is 11.6 Å². The lowest BCUT2D eigenvalue weighted by atomic mass is 9.95. The van der Waals surface area contributed by atoms with Crippen molar-refractivity contribution in [1.29, 1.82) is 0 Å². The van der Waals surface area contributed by atoms with Gasteiger partial charge in [-0.05, 0) is 84.3 Å². The smallest absolute Gasteiger partial charge is 0.326 e. The van der Waals surface area contributed by atoms with Crippen LogP contribution in [-0.2, 0) is 24.2 Å². The summed E-state index contributed by atoms with van der Waals surface area (Å²) < 4.78 is 28.1. The molecule has 1 saturated heterocycles. The molecule has 2 heterocycles. The SMILES string of the molecule is O=C(NC(Cc1cccc(Cc2cc(CN3CCCC3)cc3ccncc23)c1)C(=O)O)c1c(F)cccc1F. The summed E-state index contributed by atoms with van der Waals surface area (Å²) in [7, 11) is 0. The van der Waals surface area contributed by atoms with Crippen molar-refractivity contribution in [3.63, 3.8) is 0 Å². The summed E-state index contributed by atoms with van der Waals surface area (Å²) in [5, 5.41) is 14.2. The average Bonchev–Trinajstić information content (AvgIpc) is 3.41. The molecule has 39 heavy (non-hydrogen) atoms. The van der Waals surface area contributed by atoms with Crippen LogP contribution in [-0.4, -0.2) is 46.0 Å². The van der Waals surface area contributed by atoms with Gasteiger partial charge in [-0.15, -0.1) is 0 Å². The van der Waals surface area contributed by atoms with Crippen LogP contribution in [0.2, 0.25) is 0 Å². The molecule has 1 fully saturated rings. The molecule has 5 rings (SSSR count). The summed E-state index contributed by atoms with van der Waals surface area (Å²) in [5.74, 6) is -4.50. The number of carbonyl (C=O) groups is 2. The number of halogens is 2. The molecule has 3 aromatic carbocycles. The van der Waals surface area contributed by atoms with E-state index in [2.05, 4.69) is 27.3 Å². The Morgan fingerprint density at radius 2 is 1.67 bits per heavy atom. The summed E-state index contributed by atoms with van der Waals surface area (Å²) in [5.41, 5.74) is 3.24. The van der Waals surface area contributed by atoms with Crippen molar-refractivity contribution in [2.75, 3.05) is 13.1 Å². The number of pyridine rings is 1. The molecule has 6 nitrogen and oxygen atoms in total. The normalized spacial score (nSPS) is 14.4. The number of likely N-dealkylation sites (tertiary alicyclic amines) is 1. The first-order valence-electron chi connectivity index (χ1n) is 13.0. The minimum atomic E-state index is -1.36. The van der Waals surface area contributed by atoms with Gasteiger partial charge in [0.1, 0.15) is 23.2 Å². The Balaban J connectivity index is 1.36. The lowest BCUT2D eigenvalue weighted by molar-refractivity contribution is -0.139. The molecule has 0 aliphatic carbocycles. The quantitative estimate of drug-likeness (QED) is 0.314. The minimum absolute atomic E-state index is 0.0394. The second-order valence-corrected chi connectivity index (χ2v) is 10.00. The van der Waals surface area contributed by atoms with Crippen molar-refractivity contribution in [2.24, 2.45) is 0 Å². The van der Waals surface area contributed by atoms with Crippen LogP contribution in [0.25, 0.3) is 10.8 Å². The van der Waals surface area contributed by atoms with E-state index in [1.54, 1.807) is 12.3 Å². The van der Waals surface area contributed by atoms with Gasteiger partial charge in [0.05, 0.1) is 0 Å². The number of hydrogen-bond acceptors (Lipinski definition) is 4. The van der Waals surface area contributed by atoms with Gasteiger partial charge in [-0.2, -0.15) is 0 Å². The van der Waals surface area contributed by atoms with Crippen LogP contribution in [0.1, 0.15) is 45.5 Å². The molecular weight excluding hydrogens is 500 g/mol. The number of benzene rings is 3. The van der Waals surface area contributed by atoms with Crippen molar-refractivity contribution < 1.29 is 23.5 Å². The van der Waals surface area contributed by atoms with E-state index in [9.17, 15) is 23.5 Å². The molecule has 0 radical (unpaired) electrons. The summed E-state index contributed by atoms with van der Waals surface area (Å²) in [6, 6.07) is 15.6. The van der Waals surface area contributed by atoms with E-state index < -0.39 is 35.1 Å². The minimum Gasteiger partial charge on any atom is -0.480 e. The van der Waals surface area contributed by atoms with Gasteiger partial charge < -0.3 is 10.4 Å². The first kappa shape index (κ1) is 26.4. The predicted molar refractivity (Wildman–Crippen MR) is 144 cm³/mol. The lowest BCUT2D eigenvalue weighted by Crippen LogP contribution is -2.43. The van der Waals surface area contributed by atoms with E-state index in [-0.39, 0.29) is 6.42 Å². The Morgan fingerprint density at radius 1 is 0.949 bits per heavy atom. The average molecular weight is 530 g/mol. The second-order valence-electron chi connectivity index (χ2n) is 10.00. The summed E-state index contributed by atoms with van der Waals surface area (Å²) in [6.45, 7) is 3.11. The standard InChI is InChI=1S/C31H29F2N3O3/c32-26-7-4-8-27(33)29(26)30(37)35-28(31(38)39)17-21-6-3-5-20(13-21)14-24-16-22(19-36-11-1-2-12-36)15-23-9-10-34-18-25(23)24/h3-10,13,15-16,18,28H,1-2,11-12,14,17,19H2,(H,35,37)(H,38,39). The number of nitrogens with one attached hydrogen (secondary N) is 1. The topological polar surface area (TPSA) is 82.5 Å². The van der Waals surface area contributed by atoms with Crippen LogP contribution in [0.4, 0.5) is 8.78 Å². The third-order valence-electron chi connectivity index (χ3n) is 7.13. The number of amides is 1. The van der Waals surface area contributed by atoms with Gasteiger partial charge in [-0.1, -0.05) is 36.4 Å². The fourth-order valence-corrected chi connectivity index (χ4v) is 5.25. The highest BCUT2D eigenvalue weighted by molar-refractivity contribution is 5.97. The Hall–Kier alpha value is -4.17. The van der Waals surface area contributed by atoms with Gasteiger partial charge in [0.25, 0.3) is 5.91 Å². The van der Waals surface area contributed by atoms with E-state index in [4.69, 9.17) is 0 Å². The molecule has 1 aliphatic heterocycles. The molecular formula is C31H29F2N3O3. The maximum absolute atomic E-state index is 14.0. The highest BCUT2D eigenvalue weighted by Crippen LogP contribution is 2.25. The highest BCUT2D eigenvalue weighted by Gasteiger charge is 2.25. The molecule has 1 amide bonds. The van der Waals surface area contributed by atoms with Crippen molar-refractivity contribution in [3.8, 4) is 0 Å². The zero-order valence-corrected chi connectivity index (χ0v) is 21.4. The molecule has 0 bridgehead atoms. The number of rotatable bonds is 9. The zero-order chi connectivity index (χ0) is 27.4. The van der Waals surface area contributed by atoms with E-state index in [0.717, 1.165) is 59.7 Å². The summed E-state index contributed by atoms with van der Waals surface area (Å²) >= 11 is 0. The van der Waals surface area contributed by atoms with Gasteiger partial charge in [-0.3, -0.25) is 14.7 Å². The lowest BCUT2D eigenvalue weighted by Gasteiger charge is -2.17. The largest absolute Gasteiger partial charge is 0.480 e. The third-order valence-corrected chi connectivity index (χ3v) is 7.13. The van der Waals surface area contributed by atoms with Crippen LogP contribution < -0.4 is 5.32 Å². The Labute approximate surface area is 225 Å². The van der Waals surface area contributed by atoms with Crippen molar-refractivity contribution in [2.45, 2.75) is 38.3 Å². The first-order chi connectivity index (χ1) is 18.9. The fourth-order valence-electron chi connectivity index (χ4n) is 5.25. The van der Waals surface area contributed by atoms with E-state index in [1.807, 2.05) is 30.5 Å². The molecule has 8 heteroatoms. The molecule has 1 unspecified atom stereocenters. The van der Waals surface area contributed by atoms with Crippen molar-refractivity contribution in [3.05, 3.63) is 113 Å². The van der Waals surface area contributed by atoms with E-state index >= 15 is 0 Å². The third kappa shape index (κ3) is 6.29. The maximum Gasteiger partial charge on any atom is 0.326 e. The van der Waals surface area contributed by atoms with Crippen LogP contribution in [0.3, 0.4) is 0 Å². The number of carbonyl (C=O) groups excluding carboxylic acids is 1. The Bertz CT molecular complexity index is 1500. The predicted octanol–water partition coefficient (Wildman–Crippen LogP) is 5.13. The van der Waals surface area contributed by atoms with Gasteiger partial charge in [-0.25, -0.2) is 13.6 Å². The molecule has 4 aromatic rings. The van der Waals surface area contributed by atoms with Crippen molar-refractivity contribution in [1.82, 2.24) is 15.2 Å². The van der Waals surface area contributed by atoms with E-state index in [1.165, 1.54) is 18.4 Å². The number of nitrogens with zero attached hydrogens (tertiary/aromatic N) is 2. The maximum atomic E-state index is 14.0. The van der Waals surface area contributed by atoms with E-state index in [0.29, 0.717) is 12.0 Å². The zero-order valence-electron chi connectivity index (χ0n) is 21.4. The summed E-state index contributed by atoms with van der Waals surface area (Å²) in [4.78, 5) is 31.2. The van der Waals surface area contributed by atoms with Crippen LogP contribution in [0.15, 0.2) is 73.1 Å². The molecule has 1 atom stereocenters. The van der Waals surface area contributed by atoms with Gasteiger partial charge in [0, 0.05) is 30.7 Å². The van der Waals surface area contributed by atoms with Crippen LogP contribution in [0.5, 0.6) is 0 Å². The first-order valence-corrected chi connectivity index (χ1v) is 13.0. The van der Waals surface area contributed by atoms with Crippen LogP contribution >= 0.6 is 0 Å². The fraction of sp³-hybridized carbons (Fsp3) is 0.258. The number of carboxylic acids is 1. The second kappa shape index (κ2) is 11.7. The molecule has 0 saturated carbocycles. The molecule has 200 valence electrons. The number of fused-ring (bicyclic) bond motifs is 1. The molecule has 1 aliphatic rings. The Morgan fingerprint density at radius 3 is 2.41 bits per heavy atom. The highest BCUT2D eigenvalue weighted by atomic mass is 19.1. The summed E-state index contributed by atoms with van der Waals surface area (Å²) in [6.07, 6.45) is 6.69. The van der Waals surface area contributed by atoms with Gasteiger partial charge in [0.2, 0.25) is 0 Å². The number of hydrogen-bond donors (Lipinski definition) is 2. The molecule has 2 N–H and O–H groups in total. The number of carboxylic acid groups (broad SMARTS) is 1. The van der Waals surface area contributed by atoms with Gasteiger partial charge >= 0.3 is 5.97 Å². The Kier molecular flexibility index (Phi) is 7.93. The monoisotopic (exact) mass is 529 g/mol. The van der Waals surface area contributed by atoms with Gasteiger partial charge in [0.15, 0.2) is 0 Å². The number of aromatic nitrogens is 1. The molecule has 1 aromatic heterocycles. The molecule has 0 spiro atoms.